The van der Waals surface area contributed by atoms with E-state index in [-0.39, 0.29) is 0 Å². The minimum atomic E-state index is 0.985. The van der Waals surface area contributed by atoms with E-state index >= 15 is 0 Å². The van der Waals surface area contributed by atoms with Gasteiger partial charge in [-0.1, -0.05) is 0 Å². The Morgan fingerprint density at radius 1 is 1.22 bits per heavy atom. The van der Waals surface area contributed by atoms with E-state index in [1.165, 1.54) is 32.2 Å². The van der Waals surface area contributed by atoms with Gasteiger partial charge in [-0.2, -0.15) is 0 Å². The third-order valence-corrected chi connectivity index (χ3v) is 3.03. The first-order valence-corrected chi connectivity index (χ1v) is 4.08. The molecule has 0 aromatic heterocycles. The van der Waals surface area contributed by atoms with Crippen LogP contribution in [-0.4, -0.2) is 24.5 Å². The van der Waals surface area contributed by atoms with E-state index in [0.717, 1.165) is 12.0 Å². The molecule has 1 heterocycles. The first kappa shape index (κ1) is 5.72. The third kappa shape index (κ3) is 0.787. The van der Waals surface area contributed by atoms with Crippen LogP contribution in [0.3, 0.4) is 0 Å². The molecule has 1 heteroatoms. The van der Waals surface area contributed by atoms with Crippen LogP contribution in [0.2, 0.25) is 0 Å². The normalized spacial score (nSPS) is 43.7. The summed E-state index contributed by atoms with van der Waals surface area (Å²) in [6.45, 7) is 1.35. The Balaban J connectivity index is 1.98. The number of piperidine rings is 1. The molecular formula is C8H15N. The molecule has 0 radical (unpaired) electrons. The van der Waals surface area contributed by atoms with Crippen LogP contribution in [0.5, 0.6) is 0 Å². The van der Waals surface area contributed by atoms with E-state index in [1.54, 1.807) is 0 Å². The molecule has 0 N–H and O–H groups in total. The maximum absolute atomic E-state index is 2.54. The molecule has 9 heavy (non-hydrogen) atoms. The second-order valence-corrected chi connectivity index (χ2v) is 3.53. The van der Waals surface area contributed by atoms with Crippen molar-refractivity contribution < 1.29 is 0 Å². The van der Waals surface area contributed by atoms with Gasteiger partial charge in [0.15, 0.2) is 0 Å². The fourth-order valence-electron chi connectivity index (χ4n) is 2.24. The topological polar surface area (TPSA) is 3.24 Å². The van der Waals surface area contributed by atoms with Gasteiger partial charge in [-0.15, -0.1) is 0 Å². The summed E-state index contributed by atoms with van der Waals surface area (Å²) in [5, 5.41) is 0. The lowest BCUT2D eigenvalue weighted by molar-refractivity contribution is 0.0408. The number of fused-ring (bicyclic) bond motifs is 1. The van der Waals surface area contributed by atoms with Crippen LogP contribution in [0, 0.1) is 5.92 Å². The highest BCUT2D eigenvalue weighted by Gasteiger charge is 2.35. The van der Waals surface area contributed by atoms with Gasteiger partial charge in [0, 0.05) is 6.04 Å². The third-order valence-electron chi connectivity index (χ3n) is 3.03. The summed E-state index contributed by atoms with van der Waals surface area (Å²) in [4.78, 5) is 2.54. The Labute approximate surface area is 57.0 Å². The van der Waals surface area contributed by atoms with Gasteiger partial charge in [0.2, 0.25) is 0 Å². The van der Waals surface area contributed by atoms with E-state index in [2.05, 4.69) is 11.9 Å². The fourth-order valence-corrected chi connectivity index (χ4v) is 2.24. The van der Waals surface area contributed by atoms with Gasteiger partial charge in [-0.05, 0) is 45.2 Å². The number of nitrogens with zero attached hydrogens (tertiary/aromatic N) is 1. The number of rotatable bonds is 0. The standard InChI is InChI=1S/C8H15N/c1-9-6-2-3-7-4-5-8(7)9/h7-8H,2-6H2,1H3/t7-,8+/m1/s1. The Morgan fingerprint density at radius 3 is 2.56 bits per heavy atom. The van der Waals surface area contributed by atoms with Crippen LogP contribution in [0.1, 0.15) is 25.7 Å². The van der Waals surface area contributed by atoms with Crippen LogP contribution in [-0.2, 0) is 0 Å². The maximum Gasteiger partial charge on any atom is 0.0121 e. The highest BCUT2D eigenvalue weighted by Crippen LogP contribution is 2.37. The van der Waals surface area contributed by atoms with Crippen molar-refractivity contribution in [2.75, 3.05) is 13.6 Å². The molecule has 1 aliphatic carbocycles. The van der Waals surface area contributed by atoms with Crippen LogP contribution in [0.25, 0.3) is 0 Å². The molecule has 52 valence electrons. The van der Waals surface area contributed by atoms with Crippen molar-refractivity contribution in [2.24, 2.45) is 5.92 Å². The molecule has 2 aliphatic rings. The Morgan fingerprint density at radius 2 is 2.11 bits per heavy atom. The molecule has 2 rings (SSSR count). The summed E-state index contributed by atoms with van der Waals surface area (Å²) < 4.78 is 0. The van der Waals surface area contributed by atoms with E-state index in [0.29, 0.717) is 0 Å². The molecule has 0 amide bonds. The average Bonchev–Trinajstić information content (AvgIpc) is 1.74. The smallest absolute Gasteiger partial charge is 0.0121 e. The number of hydrogen-bond donors (Lipinski definition) is 0. The predicted octanol–water partition coefficient (Wildman–Crippen LogP) is 1.49. The highest BCUT2D eigenvalue weighted by molar-refractivity contribution is 4.90. The molecule has 2 atom stereocenters. The molecule has 0 bridgehead atoms. The van der Waals surface area contributed by atoms with Gasteiger partial charge in [0.05, 0.1) is 0 Å². The van der Waals surface area contributed by atoms with Gasteiger partial charge < -0.3 is 4.90 Å². The van der Waals surface area contributed by atoms with Crippen molar-refractivity contribution in [1.29, 1.82) is 0 Å². The fraction of sp³-hybridized carbons (Fsp3) is 1.00. The van der Waals surface area contributed by atoms with Crippen LogP contribution in [0.4, 0.5) is 0 Å². The molecule has 0 spiro atoms. The zero-order chi connectivity index (χ0) is 6.27. The zero-order valence-electron chi connectivity index (χ0n) is 6.14. The average molecular weight is 125 g/mol. The van der Waals surface area contributed by atoms with Crippen molar-refractivity contribution in [1.82, 2.24) is 4.90 Å². The molecule has 0 unspecified atom stereocenters. The minimum absolute atomic E-state index is 0.985. The van der Waals surface area contributed by atoms with Crippen LogP contribution < -0.4 is 0 Å². The zero-order valence-corrected chi connectivity index (χ0v) is 6.14. The maximum atomic E-state index is 2.54. The second-order valence-electron chi connectivity index (χ2n) is 3.53. The van der Waals surface area contributed by atoms with E-state index in [1.807, 2.05) is 0 Å². The Hall–Kier alpha value is -0.0400. The molecule has 1 nitrogen and oxygen atoms in total. The van der Waals surface area contributed by atoms with Crippen molar-refractivity contribution >= 4 is 0 Å². The molecule has 1 aliphatic heterocycles. The monoisotopic (exact) mass is 125 g/mol. The Bertz CT molecular complexity index is 105. The largest absolute Gasteiger partial charge is 0.303 e. The molecule has 0 aromatic rings. The van der Waals surface area contributed by atoms with Crippen molar-refractivity contribution in [2.45, 2.75) is 31.7 Å². The number of hydrogen-bond acceptors (Lipinski definition) is 1. The van der Waals surface area contributed by atoms with Crippen molar-refractivity contribution in [3.8, 4) is 0 Å². The Kier molecular flexibility index (Phi) is 1.26. The lowest BCUT2D eigenvalue weighted by atomic mass is 9.73. The van der Waals surface area contributed by atoms with Crippen molar-refractivity contribution in [3.63, 3.8) is 0 Å². The quantitative estimate of drug-likeness (QED) is 0.474. The van der Waals surface area contributed by atoms with E-state index in [9.17, 15) is 0 Å². The molecule has 0 aromatic carbocycles. The first-order chi connectivity index (χ1) is 4.38. The SMILES string of the molecule is CN1CCC[C@@H]2CC[C@@H]21. The first-order valence-electron chi connectivity index (χ1n) is 4.08. The van der Waals surface area contributed by atoms with Crippen LogP contribution >= 0.6 is 0 Å². The highest BCUT2D eigenvalue weighted by atomic mass is 15.1. The predicted molar refractivity (Wildman–Crippen MR) is 38.4 cm³/mol. The van der Waals surface area contributed by atoms with Gasteiger partial charge in [0.1, 0.15) is 0 Å². The van der Waals surface area contributed by atoms with Gasteiger partial charge in [0.25, 0.3) is 0 Å². The number of likely N-dealkylation sites (tertiary alicyclic amines) is 1. The second kappa shape index (κ2) is 1.98. The molecular weight excluding hydrogens is 110 g/mol. The van der Waals surface area contributed by atoms with Gasteiger partial charge in [-0.25, -0.2) is 0 Å². The summed E-state index contributed by atoms with van der Waals surface area (Å²) in [5.41, 5.74) is 0. The molecule has 1 saturated carbocycles. The lowest BCUT2D eigenvalue weighted by Crippen LogP contribution is -2.48. The molecule has 1 saturated heterocycles. The van der Waals surface area contributed by atoms with Crippen LogP contribution in [0.15, 0.2) is 0 Å². The molecule has 2 fully saturated rings. The van der Waals surface area contributed by atoms with Gasteiger partial charge in [-0.3, -0.25) is 0 Å². The summed E-state index contributed by atoms with van der Waals surface area (Å²) in [7, 11) is 2.27. The summed E-state index contributed by atoms with van der Waals surface area (Å²) in [6.07, 6.45) is 5.93. The minimum Gasteiger partial charge on any atom is -0.303 e. The van der Waals surface area contributed by atoms with Crippen molar-refractivity contribution in [3.05, 3.63) is 0 Å². The summed E-state index contributed by atoms with van der Waals surface area (Å²) in [5.74, 6) is 1.09. The lowest BCUT2D eigenvalue weighted by Gasteiger charge is -2.46. The summed E-state index contributed by atoms with van der Waals surface area (Å²) in [6, 6.07) is 0.985. The van der Waals surface area contributed by atoms with Gasteiger partial charge >= 0.3 is 0 Å². The van der Waals surface area contributed by atoms with E-state index < -0.39 is 0 Å². The summed E-state index contributed by atoms with van der Waals surface area (Å²) >= 11 is 0. The van der Waals surface area contributed by atoms with E-state index in [4.69, 9.17) is 0 Å².